The normalized spacial score (nSPS) is 10.1. The molecular formula is C11H9BrO4. The standard InChI is InChI=1S/C11H9BrO4/c1-15-11(14)4-5-16-10-3-2-9(12)6-8(10)7-13/h2-7H,1H3. The van der Waals surface area contributed by atoms with Crippen LogP contribution in [-0.4, -0.2) is 19.4 Å². The first-order valence-electron chi connectivity index (χ1n) is 4.33. The summed E-state index contributed by atoms with van der Waals surface area (Å²) in [6.07, 6.45) is 2.96. The van der Waals surface area contributed by atoms with Crippen molar-refractivity contribution < 1.29 is 19.1 Å². The van der Waals surface area contributed by atoms with E-state index >= 15 is 0 Å². The van der Waals surface area contributed by atoms with Crippen molar-refractivity contribution in [3.05, 3.63) is 40.6 Å². The van der Waals surface area contributed by atoms with Gasteiger partial charge in [0.05, 0.1) is 25.0 Å². The highest BCUT2D eigenvalue weighted by Gasteiger charge is 2.02. The van der Waals surface area contributed by atoms with Crippen LogP contribution in [0.15, 0.2) is 35.0 Å². The maximum atomic E-state index is 10.7. The van der Waals surface area contributed by atoms with Gasteiger partial charge in [0.15, 0.2) is 6.29 Å². The van der Waals surface area contributed by atoms with Gasteiger partial charge >= 0.3 is 5.97 Å². The summed E-state index contributed by atoms with van der Waals surface area (Å²) in [7, 11) is 1.27. The molecule has 0 saturated carbocycles. The van der Waals surface area contributed by atoms with Crippen LogP contribution < -0.4 is 4.74 Å². The number of hydrogen-bond acceptors (Lipinski definition) is 4. The zero-order chi connectivity index (χ0) is 12.0. The van der Waals surface area contributed by atoms with Crippen LogP contribution in [0, 0.1) is 0 Å². The molecule has 0 saturated heterocycles. The molecule has 4 nitrogen and oxygen atoms in total. The third-order valence-corrected chi connectivity index (χ3v) is 2.19. The fourth-order valence-corrected chi connectivity index (χ4v) is 1.33. The second-order valence-corrected chi connectivity index (χ2v) is 3.66. The fraction of sp³-hybridized carbons (Fsp3) is 0.0909. The van der Waals surface area contributed by atoms with E-state index in [9.17, 15) is 9.59 Å². The minimum atomic E-state index is -0.523. The number of carbonyl (C=O) groups is 2. The molecular weight excluding hydrogens is 276 g/mol. The minimum Gasteiger partial charge on any atom is -0.466 e. The molecule has 1 aromatic rings. The van der Waals surface area contributed by atoms with Gasteiger partial charge in [0, 0.05) is 4.47 Å². The van der Waals surface area contributed by atoms with Crippen molar-refractivity contribution in [2.75, 3.05) is 7.11 Å². The van der Waals surface area contributed by atoms with E-state index in [1.165, 1.54) is 13.4 Å². The Kier molecular flexibility index (Phi) is 4.72. The molecule has 0 N–H and O–H groups in total. The van der Waals surface area contributed by atoms with E-state index in [0.717, 1.165) is 10.5 Å². The number of methoxy groups -OCH3 is 1. The van der Waals surface area contributed by atoms with Gasteiger partial charge in [-0.2, -0.15) is 0 Å². The summed E-state index contributed by atoms with van der Waals surface area (Å²) in [5.74, 6) is -0.150. The van der Waals surface area contributed by atoms with E-state index in [2.05, 4.69) is 20.7 Å². The summed E-state index contributed by atoms with van der Waals surface area (Å²) in [6.45, 7) is 0. The predicted octanol–water partition coefficient (Wildman–Crippen LogP) is 2.33. The molecule has 0 spiro atoms. The lowest BCUT2D eigenvalue weighted by molar-refractivity contribution is -0.134. The first-order chi connectivity index (χ1) is 7.67. The highest BCUT2D eigenvalue weighted by Crippen LogP contribution is 2.21. The Balaban J connectivity index is 2.77. The number of carbonyl (C=O) groups excluding carboxylic acids is 2. The molecule has 0 aromatic heterocycles. The van der Waals surface area contributed by atoms with Gasteiger partial charge in [-0.25, -0.2) is 4.79 Å². The van der Waals surface area contributed by atoms with Crippen molar-refractivity contribution in [2.45, 2.75) is 0 Å². The second-order valence-electron chi connectivity index (χ2n) is 2.74. The Bertz CT molecular complexity index is 426. The van der Waals surface area contributed by atoms with Gasteiger partial charge in [0.2, 0.25) is 0 Å². The van der Waals surface area contributed by atoms with Gasteiger partial charge in [-0.1, -0.05) is 15.9 Å². The van der Waals surface area contributed by atoms with Gasteiger partial charge in [0.25, 0.3) is 0 Å². The number of rotatable bonds is 4. The van der Waals surface area contributed by atoms with Crippen LogP contribution in [0.1, 0.15) is 10.4 Å². The Morgan fingerprint density at radius 1 is 1.44 bits per heavy atom. The van der Waals surface area contributed by atoms with Crippen molar-refractivity contribution in [1.82, 2.24) is 0 Å². The molecule has 0 radical (unpaired) electrons. The molecule has 16 heavy (non-hydrogen) atoms. The van der Waals surface area contributed by atoms with Crippen molar-refractivity contribution in [2.24, 2.45) is 0 Å². The molecule has 5 heteroatoms. The number of halogens is 1. The SMILES string of the molecule is COC(=O)C=COc1ccc(Br)cc1C=O. The molecule has 1 aromatic carbocycles. The zero-order valence-electron chi connectivity index (χ0n) is 8.48. The van der Waals surface area contributed by atoms with E-state index in [-0.39, 0.29) is 0 Å². The first kappa shape index (κ1) is 12.4. The zero-order valence-corrected chi connectivity index (χ0v) is 10.1. The lowest BCUT2D eigenvalue weighted by Crippen LogP contribution is -1.96. The van der Waals surface area contributed by atoms with Gasteiger partial charge in [-0.15, -0.1) is 0 Å². The molecule has 0 heterocycles. The van der Waals surface area contributed by atoms with Gasteiger partial charge < -0.3 is 9.47 Å². The van der Waals surface area contributed by atoms with Crippen LogP contribution in [0.5, 0.6) is 5.75 Å². The maximum absolute atomic E-state index is 10.7. The summed E-state index contributed by atoms with van der Waals surface area (Å²) < 4.78 is 10.3. The molecule has 0 bridgehead atoms. The number of aldehydes is 1. The Labute approximate surface area is 101 Å². The second kappa shape index (κ2) is 6.07. The number of hydrogen-bond donors (Lipinski definition) is 0. The summed E-state index contributed by atoms with van der Waals surface area (Å²) in [4.78, 5) is 21.5. The van der Waals surface area contributed by atoms with E-state index in [1.807, 2.05) is 0 Å². The highest BCUT2D eigenvalue weighted by atomic mass is 79.9. The largest absolute Gasteiger partial charge is 0.466 e. The predicted molar refractivity (Wildman–Crippen MR) is 61.3 cm³/mol. The molecule has 0 atom stereocenters. The maximum Gasteiger partial charge on any atom is 0.333 e. The average Bonchev–Trinajstić information content (AvgIpc) is 2.30. The van der Waals surface area contributed by atoms with E-state index in [0.29, 0.717) is 17.6 Å². The molecule has 0 fully saturated rings. The monoisotopic (exact) mass is 284 g/mol. The number of ether oxygens (including phenoxy) is 2. The third kappa shape index (κ3) is 3.51. The van der Waals surface area contributed by atoms with Crippen LogP contribution in [-0.2, 0) is 9.53 Å². The van der Waals surface area contributed by atoms with Crippen LogP contribution in [0.25, 0.3) is 0 Å². The summed E-state index contributed by atoms with van der Waals surface area (Å²) in [5.41, 5.74) is 0.392. The topological polar surface area (TPSA) is 52.6 Å². The van der Waals surface area contributed by atoms with Crippen molar-refractivity contribution in [3.8, 4) is 5.75 Å². The quantitative estimate of drug-likeness (QED) is 0.369. The lowest BCUT2D eigenvalue weighted by Gasteiger charge is -2.03. The smallest absolute Gasteiger partial charge is 0.333 e. The van der Waals surface area contributed by atoms with Crippen molar-refractivity contribution in [3.63, 3.8) is 0 Å². The molecule has 1 rings (SSSR count). The van der Waals surface area contributed by atoms with Gasteiger partial charge in [-0.3, -0.25) is 4.79 Å². The molecule has 0 aliphatic carbocycles. The lowest BCUT2D eigenvalue weighted by atomic mass is 10.2. The van der Waals surface area contributed by atoms with Crippen molar-refractivity contribution >= 4 is 28.2 Å². The number of benzene rings is 1. The molecule has 0 aliphatic rings. The van der Waals surface area contributed by atoms with E-state index < -0.39 is 5.97 Å². The minimum absolute atomic E-state index is 0.373. The average molecular weight is 285 g/mol. The van der Waals surface area contributed by atoms with Crippen LogP contribution in [0.4, 0.5) is 0 Å². The third-order valence-electron chi connectivity index (χ3n) is 1.70. The number of esters is 1. The molecule has 0 unspecified atom stereocenters. The van der Waals surface area contributed by atoms with Crippen LogP contribution in [0.3, 0.4) is 0 Å². The summed E-state index contributed by atoms with van der Waals surface area (Å²) in [5, 5.41) is 0. The Morgan fingerprint density at radius 2 is 2.19 bits per heavy atom. The Morgan fingerprint density at radius 3 is 2.81 bits per heavy atom. The highest BCUT2D eigenvalue weighted by molar-refractivity contribution is 9.10. The van der Waals surface area contributed by atoms with Crippen LogP contribution >= 0.6 is 15.9 Å². The molecule has 0 amide bonds. The molecule has 84 valence electrons. The Hall–Kier alpha value is -1.62. The fourth-order valence-electron chi connectivity index (χ4n) is 0.950. The first-order valence-corrected chi connectivity index (χ1v) is 5.12. The van der Waals surface area contributed by atoms with Gasteiger partial charge in [0.1, 0.15) is 5.75 Å². The van der Waals surface area contributed by atoms with E-state index in [1.54, 1.807) is 18.2 Å². The summed E-state index contributed by atoms with van der Waals surface area (Å²) >= 11 is 3.23. The van der Waals surface area contributed by atoms with Gasteiger partial charge in [-0.05, 0) is 18.2 Å². The van der Waals surface area contributed by atoms with E-state index in [4.69, 9.17) is 4.74 Å². The summed E-state index contributed by atoms with van der Waals surface area (Å²) in [6, 6.07) is 4.97. The van der Waals surface area contributed by atoms with Crippen LogP contribution in [0.2, 0.25) is 0 Å². The van der Waals surface area contributed by atoms with Crippen molar-refractivity contribution in [1.29, 1.82) is 0 Å². The molecule has 0 aliphatic heterocycles.